The van der Waals surface area contributed by atoms with E-state index in [9.17, 15) is 4.79 Å². The molecule has 0 bridgehead atoms. The molecule has 0 aromatic rings. The largest absolute Gasteiger partial charge is 0.396 e. The van der Waals surface area contributed by atoms with E-state index in [0.29, 0.717) is 19.5 Å². The van der Waals surface area contributed by atoms with E-state index in [-0.39, 0.29) is 18.4 Å². The number of nitrogens with zero attached hydrogens (tertiary/aromatic N) is 1. The smallest absolute Gasteiger partial charge is 0.224 e. The Kier molecular flexibility index (Phi) is 2.93. The van der Waals surface area contributed by atoms with Crippen molar-refractivity contribution in [2.24, 2.45) is 11.7 Å². The molecule has 0 spiro atoms. The molecule has 76 valence electrons. The molecule has 0 aliphatic carbocycles. The normalized spacial score (nSPS) is 18.6. The molecular weight excluding hydrogens is 168 g/mol. The van der Waals surface area contributed by atoms with E-state index >= 15 is 0 Å². The van der Waals surface area contributed by atoms with Gasteiger partial charge in [-0.05, 0) is 13.8 Å². The van der Waals surface area contributed by atoms with Crippen LogP contribution in [0.4, 0.5) is 0 Å². The minimum atomic E-state index is -0.429. The van der Waals surface area contributed by atoms with Gasteiger partial charge in [0.25, 0.3) is 0 Å². The molecule has 4 nitrogen and oxygen atoms in total. The fourth-order valence-corrected chi connectivity index (χ4v) is 1.39. The van der Waals surface area contributed by atoms with Gasteiger partial charge in [-0.25, -0.2) is 0 Å². The summed E-state index contributed by atoms with van der Waals surface area (Å²) in [5.74, 6) is 0.377. The van der Waals surface area contributed by atoms with Crippen LogP contribution in [0.15, 0.2) is 0 Å². The summed E-state index contributed by atoms with van der Waals surface area (Å²) >= 11 is 0. The quantitative estimate of drug-likeness (QED) is 0.628. The van der Waals surface area contributed by atoms with Crippen LogP contribution in [0.5, 0.6) is 0 Å². The molecule has 3 N–H and O–H groups in total. The van der Waals surface area contributed by atoms with Gasteiger partial charge in [-0.15, -0.1) is 0 Å². The molecule has 1 aliphatic rings. The Balaban J connectivity index is 2.27. The number of hydrogen-bond donors (Lipinski definition) is 2. The fourth-order valence-electron chi connectivity index (χ4n) is 1.39. The van der Waals surface area contributed by atoms with E-state index in [1.807, 2.05) is 13.8 Å². The highest BCUT2D eigenvalue weighted by molar-refractivity contribution is 5.78. The van der Waals surface area contributed by atoms with Gasteiger partial charge in [0.15, 0.2) is 0 Å². The number of carbonyl (C=O) groups is 1. The zero-order valence-corrected chi connectivity index (χ0v) is 8.29. The molecule has 0 atom stereocenters. The number of nitrogens with two attached hydrogens (primary N) is 1. The van der Waals surface area contributed by atoms with Crippen LogP contribution in [0.25, 0.3) is 0 Å². The minimum Gasteiger partial charge on any atom is -0.396 e. The number of aliphatic hydroxyl groups excluding tert-OH is 1. The Morgan fingerprint density at radius 2 is 2.15 bits per heavy atom. The molecule has 0 aromatic carbocycles. The van der Waals surface area contributed by atoms with Gasteiger partial charge in [0.05, 0.1) is 0 Å². The predicted octanol–water partition coefficient (Wildman–Crippen LogP) is -0.435. The van der Waals surface area contributed by atoms with Crippen molar-refractivity contribution in [1.29, 1.82) is 0 Å². The van der Waals surface area contributed by atoms with E-state index in [4.69, 9.17) is 10.8 Å². The van der Waals surface area contributed by atoms with Crippen molar-refractivity contribution >= 4 is 5.91 Å². The second kappa shape index (κ2) is 3.64. The van der Waals surface area contributed by atoms with Crippen LogP contribution in [-0.4, -0.2) is 41.1 Å². The SMILES string of the molecule is CC(C)(N)CC(=O)N1CC(CO)C1. The maximum absolute atomic E-state index is 11.5. The summed E-state index contributed by atoms with van der Waals surface area (Å²) in [6.07, 6.45) is 0.380. The highest BCUT2D eigenvalue weighted by Gasteiger charge is 2.31. The third-order valence-corrected chi connectivity index (χ3v) is 2.17. The van der Waals surface area contributed by atoms with Gasteiger partial charge in [0.2, 0.25) is 5.91 Å². The maximum atomic E-state index is 11.5. The summed E-state index contributed by atoms with van der Waals surface area (Å²) in [7, 11) is 0. The molecule has 1 saturated heterocycles. The summed E-state index contributed by atoms with van der Waals surface area (Å²) in [5.41, 5.74) is 5.29. The zero-order valence-electron chi connectivity index (χ0n) is 8.29. The Bertz CT molecular complexity index is 192. The average molecular weight is 186 g/mol. The van der Waals surface area contributed by atoms with Gasteiger partial charge < -0.3 is 15.7 Å². The van der Waals surface area contributed by atoms with Gasteiger partial charge in [-0.2, -0.15) is 0 Å². The minimum absolute atomic E-state index is 0.0946. The summed E-state index contributed by atoms with van der Waals surface area (Å²) in [4.78, 5) is 13.2. The molecule has 0 saturated carbocycles. The summed E-state index contributed by atoms with van der Waals surface area (Å²) < 4.78 is 0. The van der Waals surface area contributed by atoms with E-state index in [1.165, 1.54) is 0 Å². The molecular formula is C9H18N2O2. The van der Waals surface area contributed by atoms with Crippen LogP contribution >= 0.6 is 0 Å². The first-order valence-corrected chi connectivity index (χ1v) is 4.60. The monoisotopic (exact) mass is 186 g/mol. The second-order valence-corrected chi connectivity index (χ2v) is 4.51. The molecule has 4 heteroatoms. The number of hydrogen-bond acceptors (Lipinski definition) is 3. The first-order chi connectivity index (χ1) is 5.92. The number of aliphatic hydroxyl groups is 1. The lowest BCUT2D eigenvalue weighted by atomic mass is 9.96. The molecule has 0 radical (unpaired) electrons. The number of amides is 1. The van der Waals surface area contributed by atoms with Crippen LogP contribution in [-0.2, 0) is 4.79 Å². The first-order valence-electron chi connectivity index (χ1n) is 4.60. The fraction of sp³-hybridized carbons (Fsp3) is 0.889. The molecule has 0 aromatic heterocycles. The van der Waals surface area contributed by atoms with Gasteiger partial charge in [-0.1, -0.05) is 0 Å². The molecule has 0 unspecified atom stereocenters. The number of carbonyl (C=O) groups excluding carboxylic acids is 1. The molecule has 1 rings (SSSR count). The van der Waals surface area contributed by atoms with Gasteiger partial charge in [-0.3, -0.25) is 4.79 Å². The van der Waals surface area contributed by atoms with Gasteiger partial charge in [0, 0.05) is 37.6 Å². The second-order valence-electron chi connectivity index (χ2n) is 4.51. The van der Waals surface area contributed by atoms with Crippen molar-refractivity contribution in [1.82, 2.24) is 4.90 Å². The van der Waals surface area contributed by atoms with Crippen molar-refractivity contribution < 1.29 is 9.90 Å². The lowest BCUT2D eigenvalue weighted by molar-refractivity contribution is -0.139. The van der Waals surface area contributed by atoms with Crippen molar-refractivity contribution in [2.75, 3.05) is 19.7 Å². The Morgan fingerprint density at radius 1 is 1.62 bits per heavy atom. The third-order valence-electron chi connectivity index (χ3n) is 2.17. The average Bonchev–Trinajstić information content (AvgIpc) is 1.79. The first kappa shape index (κ1) is 10.5. The topological polar surface area (TPSA) is 66.6 Å². The lowest BCUT2D eigenvalue weighted by Crippen LogP contribution is -2.53. The van der Waals surface area contributed by atoms with E-state index in [2.05, 4.69) is 0 Å². The van der Waals surface area contributed by atoms with E-state index in [0.717, 1.165) is 0 Å². The summed E-state index contributed by atoms with van der Waals surface area (Å²) in [6.45, 7) is 5.23. The molecule has 13 heavy (non-hydrogen) atoms. The standard InChI is InChI=1S/C9H18N2O2/c1-9(2,10)3-8(13)11-4-7(5-11)6-12/h7,12H,3-6,10H2,1-2H3. The van der Waals surface area contributed by atoms with E-state index < -0.39 is 5.54 Å². The van der Waals surface area contributed by atoms with Gasteiger partial charge in [0.1, 0.15) is 0 Å². The van der Waals surface area contributed by atoms with Crippen LogP contribution in [0.1, 0.15) is 20.3 Å². The molecule has 1 aliphatic heterocycles. The number of likely N-dealkylation sites (tertiary alicyclic amines) is 1. The molecule has 1 fully saturated rings. The Morgan fingerprint density at radius 3 is 2.54 bits per heavy atom. The van der Waals surface area contributed by atoms with Crippen LogP contribution in [0, 0.1) is 5.92 Å². The number of rotatable bonds is 3. The highest BCUT2D eigenvalue weighted by atomic mass is 16.3. The van der Waals surface area contributed by atoms with E-state index in [1.54, 1.807) is 4.90 Å². The third kappa shape index (κ3) is 2.97. The van der Waals surface area contributed by atoms with Crippen LogP contribution in [0.3, 0.4) is 0 Å². The van der Waals surface area contributed by atoms with Crippen LogP contribution < -0.4 is 5.73 Å². The molecule has 1 amide bonds. The predicted molar refractivity (Wildman–Crippen MR) is 50.0 cm³/mol. The molecule has 1 heterocycles. The Labute approximate surface area is 78.7 Å². The lowest BCUT2D eigenvalue weighted by Gasteiger charge is -2.39. The van der Waals surface area contributed by atoms with Crippen molar-refractivity contribution in [3.8, 4) is 0 Å². The van der Waals surface area contributed by atoms with Crippen molar-refractivity contribution in [3.63, 3.8) is 0 Å². The summed E-state index contributed by atoms with van der Waals surface area (Å²) in [6, 6.07) is 0. The highest BCUT2D eigenvalue weighted by Crippen LogP contribution is 2.17. The Hall–Kier alpha value is -0.610. The van der Waals surface area contributed by atoms with Crippen molar-refractivity contribution in [3.05, 3.63) is 0 Å². The maximum Gasteiger partial charge on any atom is 0.224 e. The van der Waals surface area contributed by atoms with Gasteiger partial charge >= 0.3 is 0 Å². The summed E-state index contributed by atoms with van der Waals surface area (Å²) in [5, 5.41) is 8.76. The van der Waals surface area contributed by atoms with Crippen molar-refractivity contribution in [2.45, 2.75) is 25.8 Å². The zero-order chi connectivity index (χ0) is 10.1. The van der Waals surface area contributed by atoms with Crippen LogP contribution in [0.2, 0.25) is 0 Å².